The van der Waals surface area contributed by atoms with Crippen molar-refractivity contribution >= 4 is 40.1 Å². The number of imidazole rings is 1. The number of halogens is 3. The van der Waals surface area contributed by atoms with E-state index in [1.165, 1.54) is 4.68 Å². The number of carbonyl (C=O) groups is 1. The van der Waals surface area contributed by atoms with Crippen molar-refractivity contribution < 1.29 is 23.4 Å². The van der Waals surface area contributed by atoms with Gasteiger partial charge in [0.25, 0.3) is 0 Å². The third kappa shape index (κ3) is 5.04. The third-order valence-electron chi connectivity index (χ3n) is 7.15. The Kier molecular flexibility index (Phi) is 7.33. The lowest BCUT2D eigenvalue weighted by molar-refractivity contribution is -0.146. The van der Waals surface area contributed by atoms with Crippen LogP contribution in [0.4, 0.5) is 4.39 Å². The number of rotatable bonds is 8. The Morgan fingerprint density at radius 1 is 1.23 bits per heavy atom. The molecule has 0 spiro atoms. The number of aryl methyl sites for hydroxylation is 1. The van der Waals surface area contributed by atoms with E-state index >= 15 is 0 Å². The maximum absolute atomic E-state index is 14.1. The summed E-state index contributed by atoms with van der Waals surface area (Å²) >= 11 is 13.6. The minimum absolute atomic E-state index is 0.143. The first-order valence-corrected chi connectivity index (χ1v) is 13.7. The van der Waals surface area contributed by atoms with E-state index in [0.717, 1.165) is 29.5 Å². The molecule has 0 radical (unpaired) electrons. The molecule has 2 aromatic carbocycles. The zero-order valence-electron chi connectivity index (χ0n) is 21.3. The monoisotopic (exact) mass is 572 g/mol. The topological polar surface area (TPSA) is 80.4 Å². The van der Waals surface area contributed by atoms with Crippen molar-refractivity contribution in [2.45, 2.75) is 51.2 Å². The van der Waals surface area contributed by atoms with Crippen LogP contribution in [-0.2, 0) is 38.4 Å². The average Bonchev–Trinajstić information content (AvgIpc) is 3.72. The molecule has 0 aliphatic carbocycles. The van der Waals surface area contributed by atoms with E-state index in [1.54, 1.807) is 30.1 Å². The van der Waals surface area contributed by atoms with Crippen LogP contribution < -0.4 is 0 Å². The summed E-state index contributed by atoms with van der Waals surface area (Å²) in [5.41, 5.74) is 4.29. The van der Waals surface area contributed by atoms with E-state index in [0.29, 0.717) is 45.5 Å². The predicted molar refractivity (Wildman–Crippen MR) is 145 cm³/mol. The lowest BCUT2D eigenvalue weighted by atomic mass is 10.0. The number of hydrogen-bond donors (Lipinski definition) is 0. The Morgan fingerprint density at radius 3 is 2.74 bits per heavy atom. The zero-order chi connectivity index (χ0) is 27.1. The summed E-state index contributed by atoms with van der Waals surface area (Å²) in [6, 6.07) is 8.89. The van der Waals surface area contributed by atoms with Crippen LogP contribution in [-0.4, -0.2) is 57.6 Å². The smallest absolute Gasteiger partial charge is 0.337 e. The molecule has 0 bridgehead atoms. The maximum atomic E-state index is 14.1. The lowest BCUT2D eigenvalue weighted by Gasteiger charge is -2.15. The first-order chi connectivity index (χ1) is 18.9. The molecule has 4 heterocycles. The van der Waals surface area contributed by atoms with Crippen molar-refractivity contribution in [2.24, 2.45) is 0 Å². The van der Waals surface area contributed by atoms with Crippen LogP contribution in [0.2, 0.25) is 10.0 Å². The molecule has 0 N–H and O–H groups in total. The Hall–Kier alpha value is -2.98. The van der Waals surface area contributed by atoms with Gasteiger partial charge in [0.15, 0.2) is 12.3 Å². The molecule has 8 nitrogen and oxygen atoms in total. The van der Waals surface area contributed by atoms with Gasteiger partial charge in [-0.15, -0.1) is 0 Å². The maximum Gasteiger partial charge on any atom is 0.337 e. The van der Waals surface area contributed by atoms with Gasteiger partial charge in [-0.2, -0.15) is 5.10 Å². The van der Waals surface area contributed by atoms with Gasteiger partial charge in [-0.05, 0) is 30.5 Å². The fourth-order valence-corrected chi connectivity index (χ4v) is 5.81. The van der Waals surface area contributed by atoms with Gasteiger partial charge in [0.2, 0.25) is 0 Å². The van der Waals surface area contributed by atoms with Gasteiger partial charge in [-0.1, -0.05) is 47.5 Å². The van der Waals surface area contributed by atoms with E-state index in [-0.39, 0.29) is 25.9 Å². The molecule has 1 saturated heterocycles. The second-order valence-electron chi connectivity index (χ2n) is 9.68. The summed E-state index contributed by atoms with van der Waals surface area (Å²) < 4.78 is 33.7. The van der Waals surface area contributed by atoms with E-state index in [4.69, 9.17) is 37.4 Å². The molecule has 0 amide bonds. The zero-order valence-corrected chi connectivity index (χ0v) is 22.8. The minimum atomic E-state index is -1.02. The molecule has 4 aromatic rings. The van der Waals surface area contributed by atoms with Gasteiger partial charge in [-0.25, -0.2) is 14.2 Å². The van der Waals surface area contributed by atoms with Crippen molar-refractivity contribution in [2.75, 3.05) is 19.8 Å². The Labute approximate surface area is 234 Å². The van der Waals surface area contributed by atoms with Gasteiger partial charge in [0.1, 0.15) is 11.7 Å². The highest BCUT2D eigenvalue weighted by molar-refractivity contribution is 6.42. The number of fused-ring (bicyclic) bond motifs is 2. The fourth-order valence-electron chi connectivity index (χ4n) is 5.26. The fraction of sp³-hybridized carbons (Fsp3) is 0.393. The van der Waals surface area contributed by atoms with Crippen LogP contribution in [0.5, 0.6) is 0 Å². The molecule has 1 unspecified atom stereocenters. The van der Waals surface area contributed by atoms with E-state index in [2.05, 4.69) is 10.1 Å². The number of nitrogens with zero attached hydrogens (tertiary/aromatic N) is 4. The van der Waals surface area contributed by atoms with Crippen molar-refractivity contribution in [1.82, 2.24) is 19.3 Å². The van der Waals surface area contributed by atoms with Crippen molar-refractivity contribution in [3.05, 3.63) is 69.9 Å². The first-order valence-electron chi connectivity index (χ1n) is 13.0. The number of alkyl halides is 1. The van der Waals surface area contributed by atoms with Crippen LogP contribution >= 0.6 is 23.2 Å². The van der Waals surface area contributed by atoms with Crippen LogP contribution in [0.3, 0.4) is 0 Å². The molecule has 1 fully saturated rings. The highest BCUT2D eigenvalue weighted by Gasteiger charge is 2.35. The van der Waals surface area contributed by atoms with Gasteiger partial charge >= 0.3 is 5.97 Å². The van der Waals surface area contributed by atoms with Crippen LogP contribution in [0.25, 0.3) is 22.0 Å². The van der Waals surface area contributed by atoms with Crippen LogP contribution in [0, 0.1) is 0 Å². The molecule has 11 heteroatoms. The van der Waals surface area contributed by atoms with Crippen LogP contribution in [0.1, 0.15) is 36.3 Å². The molecule has 2 aliphatic heterocycles. The van der Waals surface area contributed by atoms with E-state index < -0.39 is 18.2 Å². The molecule has 39 heavy (non-hydrogen) atoms. The second kappa shape index (κ2) is 10.9. The summed E-state index contributed by atoms with van der Waals surface area (Å²) in [5.74, 6) is -0.537. The lowest BCUT2D eigenvalue weighted by Crippen LogP contribution is -2.25. The second-order valence-corrected chi connectivity index (χ2v) is 10.5. The number of esters is 1. The Balaban J connectivity index is 1.34. The largest absolute Gasteiger partial charge is 0.464 e. The molecular weight excluding hydrogens is 546 g/mol. The Morgan fingerprint density at radius 2 is 2.00 bits per heavy atom. The summed E-state index contributed by atoms with van der Waals surface area (Å²) in [6.07, 6.45) is 3.85. The molecular formula is C28H27Cl2FN4O4. The predicted octanol–water partition coefficient (Wildman–Crippen LogP) is 5.56. The SMILES string of the molecule is CCOC(=O)C(c1ncn2c1C[C@@H](F)C2)n1cc2c(Cl)cc(-c3ccc(CCC4OCCO4)cc3)c(Cl)c2n1. The highest BCUT2D eigenvalue weighted by Crippen LogP contribution is 2.39. The van der Waals surface area contributed by atoms with E-state index in [1.807, 2.05) is 24.3 Å². The van der Waals surface area contributed by atoms with Crippen LogP contribution in [0.15, 0.2) is 42.9 Å². The summed E-state index contributed by atoms with van der Waals surface area (Å²) in [6.45, 7) is 3.40. The average molecular weight is 573 g/mol. The molecule has 204 valence electrons. The molecule has 0 saturated carbocycles. The standard InChI is InChI=1S/C28H27Cl2FN4O4/c1-2-37-28(36)27(26-22-11-18(31)13-34(22)15-32-26)35-14-20-21(29)12-19(24(30)25(20)33-35)17-6-3-16(4-7-17)5-8-23-38-9-10-39-23/h3-4,6-7,12,14-15,18,23,27H,2,5,8-11,13H2,1H3/t18-,27?/m1/s1. The summed E-state index contributed by atoms with van der Waals surface area (Å²) in [7, 11) is 0. The third-order valence-corrected chi connectivity index (χ3v) is 7.85. The van der Waals surface area contributed by atoms with Gasteiger partial charge in [0, 0.05) is 35.7 Å². The minimum Gasteiger partial charge on any atom is -0.464 e. The number of carbonyl (C=O) groups excluding carboxylic acids is 1. The number of hydrogen-bond acceptors (Lipinski definition) is 6. The molecule has 2 atom stereocenters. The highest BCUT2D eigenvalue weighted by atomic mass is 35.5. The number of benzene rings is 2. The van der Waals surface area contributed by atoms with Gasteiger partial charge in [-0.3, -0.25) is 4.68 Å². The normalized spacial score (nSPS) is 18.1. The molecule has 2 aromatic heterocycles. The number of ether oxygens (including phenoxy) is 3. The Bertz CT molecular complexity index is 1510. The van der Waals surface area contributed by atoms with Crippen molar-refractivity contribution in [1.29, 1.82) is 0 Å². The number of aromatic nitrogens is 4. The van der Waals surface area contributed by atoms with Crippen molar-refractivity contribution in [3.63, 3.8) is 0 Å². The summed E-state index contributed by atoms with van der Waals surface area (Å²) in [5, 5.41) is 6.13. The quantitative estimate of drug-likeness (QED) is 0.257. The molecule has 2 aliphatic rings. The first kappa shape index (κ1) is 26.3. The summed E-state index contributed by atoms with van der Waals surface area (Å²) in [4.78, 5) is 17.6. The van der Waals surface area contributed by atoms with Gasteiger partial charge < -0.3 is 18.8 Å². The van der Waals surface area contributed by atoms with Gasteiger partial charge in [0.05, 0.1) is 48.4 Å². The van der Waals surface area contributed by atoms with Crippen molar-refractivity contribution in [3.8, 4) is 11.1 Å². The molecule has 6 rings (SSSR count). The van der Waals surface area contributed by atoms with E-state index in [9.17, 15) is 9.18 Å².